The van der Waals surface area contributed by atoms with Gasteiger partial charge in [-0.1, -0.05) is 31.9 Å². The second kappa shape index (κ2) is 5.52. The Labute approximate surface area is 96.1 Å². The highest BCUT2D eigenvalue weighted by atomic mass is 35.5. The molecule has 0 aliphatic rings. The number of aromatic nitrogens is 2. The van der Waals surface area contributed by atoms with E-state index in [0.717, 1.165) is 30.5 Å². The van der Waals surface area contributed by atoms with Gasteiger partial charge in [0.05, 0.1) is 18.3 Å². The molecule has 15 heavy (non-hydrogen) atoms. The first-order valence-corrected chi connectivity index (χ1v) is 5.90. The average molecular weight is 231 g/mol. The fraction of sp³-hybridized carbons (Fsp3) is 0.727. The van der Waals surface area contributed by atoms with Crippen molar-refractivity contribution in [3.05, 3.63) is 16.4 Å². The average Bonchev–Trinajstić information content (AvgIpc) is 2.55. The van der Waals surface area contributed by atoms with Crippen molar-refractivity contribution in [2.24, 2.45) is 0 Å². The van der Waals surface area contributed by atoms with Crippen LogP contribution < -0.4 is 0 Å². The molecule has 0 amide bonds. The van der Waals surface area contributed by atoms with E-state index in [9.17, 15) is 5.11 Å². The molecular formula is C11H19ClN2O. The van der Waals surface area contributed by atoms with Gasteiger partial charge in [-0.25, -0.2) is 0 Å². The van der Waals surface area contributed by atoms with Crippen LogP contribution in [0.5, 0.6) is 0 Å². The molecule has 0 spiro atoms. The van der Waals surface area contributed by atoms with Gasteiger partial charge < -0.3 is 5.11 Å². The lowest BCUT2D eigenvalue weighted by Gasteiger charge is -2.10. The van der Waals surface area contributed by atoms with E-state index in [2.05, 4.69) is 25.9 Å². The minimum absolute atomic E-state index is 0.0232. The Balaban J connectivity index is 3.08. The van der Waals surface area contributed by atoms with Crippen LogP contribution >= 0.6 is 11.6 Å². The van der Waals surface area contributed by atoms with Crippen molar-refractivity contribution in [2.75, 3.05) is 0 Å². The van der Waals surface area contributed by atoms with Gasteiger partial charge in [0.2, 0.25) is 0 Å². The molecule has 1 unspecified atom stereocenters. The van der Waals surface area contributed by atoms with E-state index in [0.29, 0.717) is 5.15 Å². The van der Waals surface area contributed by atoms with Crippen molar-refractivity contribution >= 4 is 11.6 Å². The molecule has 0 bridgehead atoms. The third kappa shape index (κ3) is 2.52. The SMILES string of the molecule is CCCc1nn(C(C)CC)c(Cl)c1CO. The van der Waals surface area contributed by atoms with Gasteiger partial charge in [0.1, 0.15) is 5.15 Å². The molecule has 1 rings (SSSR count). The summed E-state index contributed by atoms with van der Waals surface area (Å²) in [5.74, 6) is 0. The van der Waals surface area contributed by atoms with Gasteiger partial charge in [0, 0.05) is 5.56 Å². The Kier molecular flexibility index (Phi) is 4.61. The number of hydrogen-bond donors (Lipinski definition) is 1. The van der Waals surface area contributed by atoms with Gasteiger partial charge >= 0.3 is 0 Å². The summed E-state index contributed by atoms with van der Waals surface area (Å²) in [4.78, 5) is 0. The lowest BCUT2D eigenvalue weighted by Crippen LogP contribution is -2.06. The first kappa shape index (κ1) is 12.5. The smallest absolute Gasteiger partial charge is 0.133 e. The van der Waals surface area contributed by atoms with E-state index in [1.54, 1.807) is 0 Å². The topological polar surface area (TPSA) is 38.0 Å². The van der Waals surface area contributed by atoms with Crippen LogP contribution in [-0.2, 0) is 13.0 Å². The summed E-state index contributed by atoms with van der Waals surface area (Å²) in [6.45, 7) is 6.25. The fourth-order valence-corrected chi connectivity index (χ4v) is 1.92. The van der Waals surface area contributed by atoms with Crippen LogP contribution in [-0.4, -0.2) is 14.9 Å². The number of halogens is 1. The zero-order valence-corrected chi connectivity index (χ0v) is 10.4. The second-order valence-electron chi connectivity index (χ2n) is 3.83. The molecule has 0 saturated carbocycles. The first-order valence-electron chi connectivity index (χ1n) is 5.52. The molecule has 0 aliphatic carbocycles. The second-order valence-corrected chi connectivity index (χ2v) is 4.18. The van der Waals surface area contributed by atoms with Crippen molar-refractivity contribution in [1.82, 2.24) is 9.78 Å². The Morgan fingerprint density at radius 2 is 2.13 bits per heavy atom. The van der Waals surface area contributed by atoms with Crippen LogP contribution in [0.2, 0.25) is 5.15 Å². The quantitative estimate of drug-likeness (QED) is 0.845. The first-order chi connectivity index (χ1) is 7.15. The molecule has 86 valence electrons. The number of rotatable bonds is 5. The molecule has 0 saturated heterocycles. The summed E-state index contributed by atoms with van der Waals surface area (Å²) in [7, 11) is 0. The Morgan fingerprint density at radius 3 is 2.60 bits per heavy atom. The maximum absolute atomic E-state index is 9.26. The van der Waals surface area contributed by atoms with Crippen molar-refractivity contribution in [3.8, 4) is 0 Å². The molecule has 1 aromatic rings. The van der Waals surface area contributed by atoms with Gasteiger partial charge in [-0.15, -0.1) is 0 Å². The predicted octanol–water partition coefficient (Wildman–Crippen LogP) is 2.95. The molecular weight excluding hydrogens is 212 g/mol. The maximum Gasteiger partial charge on any atom is 0.133 e. The maximum atomic E-state index is 9.26. The standard InChI is InChI=1S/C11H19ClN2O/c1-4-6-10-9(7-15)11(12)14(13-10)8(3)5-2/h8,15H,4-7H2,1-3H3. The van der Waals surface area contributed by atoms with E-state index in [-0.39, 0.29) is 12.6 Å². The number of aryl methyl sites for hydroxylation is 1. The molecule has 0 aliphatic heterocycles. The van der Waals surface area contributed by atoms with Gasteiger partial charge in [-0.05, 0) is 19.8 Å². The number of aliphatic hydroxyl groups excluding tert-OH is 1. The highest BCUT2D eigenvalue weighted by molar-refractivity contribution is 6.30. The molecule has 1 N–H and O–H groups in total. The highest BCUT2D eigenvalue weighted by Gasteiger charge is 2.17. The van der Waals surface area contributed by atoms with Crippen LogP contribution in [0.4, 0.5) is 0 Å². The lowest BCUT2D eigenvalue weighted by molar-refractivity contribution is 0.280. The molecule has 4 heteroatoms. The summed E-state index contributed by atoms with van der Waals surface area (Å²) >= 11 is 6.18. The van der Waals surface area contributed by atoms with E-state index >= 15 is 0 Å². The molecule has 3 nitrogen and oxygen atoms in total. The van der Waals surface area contributed by atoms with E-state index in [1.807, 2.05) is 4.68 Å². The van der Waals surface area contributed by atoms with Crippen LogP contribution in [0, 0.1) is 0 Å². The predicted molar refractivity (Wildman–Crippen MR) is 62.2 cm³/mol. The number of aliphatic hydroxyl groups is 1. The largest absolute Gasteiger partial charge is 0.391 e. The zero-order chi connectivity index (χ0) is 11.4. The van der Waals surface area contributed by atoms with Gasteiger partial charge in [-0.2, -0.15) is 5.10 Å². The Bertz CT molecular complexity index is 323. The lowest BCUT2D eigenvalue weighted by atomic mass is 10.2. The Hall–Kier alpha value is -0.540. The minimum Gasteiger partial charge on any atom is -0.391 e. The third-order valence-electron chi connectivity index (χ3n) is 2.68. The minimum atomic E-state index is -0.0232. The Morgan fingerprint density at radius 1 is 1.47 bits per heavy atom. The van der Waals surface area contributed by atoms with Crippen molar-refractivity contribution in [3.63, 3.8) is 0 Å². The molecule has 0 aromatic carbocycles. The van der Waals surface area contributed by atoms with E-state index in [4.69, 9.17) is 11.6 Å². The highest BCUT2D eigenvalue weighted by Crippen LogP contribution is 2.25. The van der Waals surface area contributed by atoms with Crippen LogP contribution in [0.15, 0.2) is 0 Å². The summed E-state index contributed by atoms with van der Waals surface area (Å²) in [5.41, 5.74) is 1.73. The molecule has 1 atom stereocenters. The summed E-state index contributed by atoms with van der Waals surface area (Å²) < 4.78 is 1.82. The van der Waals surface area contributed by atoms with Gasteiger partial charge in [-0.3, -0.25) is 4.68 Å². The van der Waals surface area contributed by atoms with Gasteiger partial charge in [0.15, 0.2) is 0 Å². The molecule has 0 fully saturated rings. The monoisotopic (exact) mass is 230 g/mol. The molecule has 1 aromatic heterocycles. The third-order valence-corrected chi connectivity index (χ3v) is 3.08. The normalized spacial score (nSPS) is 13.1. The van der Waals surface area contributed by atoms with Crippen molar-refractivity contribution in [2.45, 2.75) is 52.7 Å². The number of hydrogen-bond acceptors (Lipinski definition) is 2. The van der Waals surface area contributed by atoms with E-state index < -0.39 is 0 Å². The van der Waals surface area contributed by atoms with Crippen LogP contribution in [0.1, 0.15) is 50.9 Å². The number of nitrogens with zero attached hydrogens (tertiary/aromatic N) is 2. The van der Waals surface area contributed by atoms with E-state index in [1.165, 1.54) is 0 Å². The summed E-state index contributed by atoms with van der Waals surface area (Å²) in [5, 5.41) is 14.3. The van der Waals surface area contributed by atoms with Crippen molar-refractivity contribution < 1.29 is 5.11 Å². The van der Waals surface area contributed by atoms with Crippen LogP contribution in [0.25, 0.3) is 0 Å². The molecule has 1 heterocycles. The van der Waals surface area contributed by atoms with Crippen LogP contribution in [0.3, 0.4) is 0 Å². The molecule has 0 radical (unpaired) electrons. The summed E-state index contributed by atoms with van der Waals surface area (Å²) in [6, 6.07) is 0.286. The fourth-order valence-electron chi connectivity index (χ4n) is 1.55. The van der Waals surface area contributed by atoms with Crippen molar-refractivity contribution in [1.29, 1.82) is 0 Å². The zero-order valence-electron chi connectivity index (χ0n) is 9.63. The van der Waals surface area contributed by atoms with Gasteiger partial charge in [0.25, 0.3) is 0 Å². The summed E-state index contributed by atoms with van der Waals surface area (Å²) in [6.07, 6.45) is 2.87.